The molecule has 1 N–H and O–H groups in total. The molecule has 1 heterocycles. The topological polar surface area (TPSA) is 89.3 Å². The zero-order valence-electron chi connectivity index (χ0n) is 7.96. The lowest BCUT2D eigenvalue weighted by molar-refractivity contribution is -0.134. The Bertz CT molecular complexity index is 250. The van der Waals surface area contributed by atoms with Crippen LogP contribution in [0.1, 0.15) is 19.3 Å². The normalized spacial score (nSPS) is 21.5. The molecule has 0 aliphatic carbocycles. The monoisotopic (exact) mass is 198 g/mol. The molecule has 0 spiro atoms. The molecule has 1 atom stereocenters. The molecular weight excluding hydrogens is 184 g/mol. The summed E-state index contributed by atoms with van der Waals surface area (Å²) >= 11 is 0. The van der Waals surface area contributed by atoms with Gasteiger partial charge >= 0.3 is 0 Å². The van der Waals surface area contributed by atoms with E-state index in [-0.39, 0.29) is 25.1 Å². The first-order valence-corrected chi connectivity index (χ1v) is 4.70. The van der Waals surface area contributed by atoms with E-state index >= 15 is 0 Å². The van der Waals surface area contributed by atoms with E-state index in [9.17, 15) is 4.79 Å². The maximum atomic E-state index is 11.5. The molecule has 1 amide bonds. The summed E-state index contributed by atoms with van der Waals surface area (Å²) in [5.74, 6) is -0.193. The van der Waals surface area contributed by atoms with Crippen molar-refractivity contribution in [2.45, 2.75) is 25.3 Å². The molecule has 0 unspecified atom stereocenters. The van der Waals surface area contributed by atoms with Crippen LogP contribution in [0.15, 0.2) is 5.11 Å². The zero-order chi connectivity index (χ0) is 10.4. The van der Waals surface area contributed by atoms with E-state index in [4.69, 9.17) is 10.6 Å². The summed E-state index contributed by atoms with van der Waals surface area (Å²) in [6.45, 7) is 0.500. The zero-order valence-corrected chi connectivity index (χ0v) is 7.96. The average molecular weight is 198 g/mol. The minimum atomic E-state index is -0.193. The lowest BCUT2D eigenvalue weighted by Crippen LogP contribution is -2.46. The molecule has 0 saturated carbocycles. The highest BCUT2D eigenvalue weighted by atomic mass is 16.3. The average Bonchev–Trinajstić information content (AvgIpc) is 2.25. The van der Waals surface area contributed by atoms with Crippen molar-refractivity contribution in [3.63, 3.8) is 0 Å². The Balaban J connectivity index is 2.54. The number of amides is 1. The molecule has 1 saturated heterocycles. The SMILES string of the molecule is [N-]=[N+]=NCC(=O)N1CCCC[C@@H]1CO. The first-order valence-electron chi connectivity index (χ1n) is 4.70. The maximum Gasteiger partial charge on any atom is 0.228 e. The molecule has 1 fully saturated rings. The summed E-state index contributed by atoms with van der Waals surface area (Å²) in [6, 6.07) is -0.0925. The Morgan fingerprint density at radius 2 is 2.43 bits per heavy atom. The van der Waals surface area contributed by atoms with Gasteiger partial charge in [0.15, 0.2) is 0 Å². The van der Waals surface area contributed by atoms with Crippen molar-refractivity contribution in [2.24, 2.45) is 5.11 Å². The molecule has 14 heavy (non-hydrogen) atoms. The van der Waals surface area contributed by atoms with Crippen molar-refractivity contribution in [3.05, 3.63) is 10.4 Å². The molecule has 78 valence electrons. The largest absolute Gasteiger partial charge is 0.394 e. The van der Waals surface area contributed by atoms with Crippen LogP contribution in [0.25, 0.3) is 10.4 Å². The van der Waals surface area contributed by atoms with Crippen molar-refractivity contribution >= 4 is 5.91 Å². The van der Waals surface area contributed by atoms with E-state index in [1.165, 1.54) is 0 Å². The van der Waals surface area contributed by atoms with Crippen molar-refractivity contribution in [1.82, 2.24) is 4.90 Å². The fourth-order valence-electron chi connectivity index (χ4n) is 1.70. The second-order valence-corrected chi connectivity index (χ2v) is 3.31. The quantitative estimate of drug-likeness (QED) is 0.410. The first kappa shape index (κ1) is 10.8. The molecule has 0 bridgehead atoms. The van der Waals surface area contributed by atoms with Crippen LogP contribution in [-0.4, -0.2) is 41.7 Å². The minimum Gasteiger partial charge on any atom is -0.394 e. The number of azide groups is 1. The van der Waals surface area contributed by atoms with E-state index in [1.54, 1.807) is 4.90 Å². The van der Waals surface area contributed by atoms with Gasteiger partial charge in [-0.05, 0) is 24.8 Å². The third-order valence-corrected chi connectivity index (χ3v) is 2.43. The van der Waals surface area contributed by atoms with Gasteiger partial charge in [-0.2, -0.15) is 0 Å². The van der Waals surface area contributed by atoms with Crippen molar-refractivity contribution in [2.75, 3.05) is 19.7 Å². The Morgan fingerprint density at radius 1 is 1.64 bits per heavy atom. The summed E-state index contributed by atoms with van der Waals surface area (Å²) < 4.78 is 0. The summed E-state index contributed by atoms with van der Waals surface area (Å²) in [5, 5.41) is 12.3. The highest BCUT2D eigenvalue weighted by Crippen LogP contribution is 2.16. The molecule has 0 radical (unpaired) electrons. The first-order chi connectivity index (χ1) is 6.79. The number of likely N-dealkylation sites (tertiary alicyclic amines) is 1. The summed E-state index contributed by atoms with van der Waals surface area (Å²) in [6.07, 6.45) is 2.83. The molecule has 0 aromatic heterocycles. The number of hydrogen-bond donors (Lipinski definition) is 1. The van der Waals surface area contributed by atoms with Crippen molar-refractivity contribution < 1.29 is 9.90 Å². The van der Waals surface area contributed by atoms with Gasteiger partial charge in [0.25, 0.3) is 0 Å². The molecular formula is C8H14N4O2. The molecule has 6 heteroatoms. The molecule has 1 aliphatic heterocycles. The van der Waals surface area contributed by atoms with Crippen LogP contribution in [0.3, 0.4) is 0 Å². The third-order valence-electron chi connectivity index (χ3n) is 2.43. The number of nitrogens with zero attached hydrogens (tertiary/aromatic N) is 4. The van der Waals surface area contributed by atoms with Gasteiger partial charge in [-0.1, -0.05) is 5.11 Å². The highest BCUT2D eigenvalue weighted by Gasteiger charge is 2.24. The van der Waals surface area contributed by atoms with Gasteiger partial charge in [-0.25, -0.2) is 0 Å². The van der Waals surface area contributed by atoms with Crippen LogP contribution in [0.5, 0.6) is 0 Å². The Morgan fingerprint density at radius 3 is 3.07 bits per heavy atom. The number of piperidine rings is 1. The van der Waals surface area contributed by atoms with E-state index in [1.807, 2.05) is 0 Å². The number of hydrogen-bond acceptors (Lipinski definition) is 3. The maximum absolute atomic E-state index is 11.5. The van der Waals surface area contributed by atoms with E-state index in [0.29, 0.717) is 6.54 Å². The van der Waals surface area contributed by atoms with Crippen LogP contribution >= 0.6 is 0 Å². The van der Waals surface area contributed by atoms with Gasteiger partial charge < -0.3 is 10.0 Å². The van der Waals surface area contributed by atoms with Crippen LogP contribution in [-0.2, 0) is 4.79 Å². The van der Waals surface area contributed by atoms with Crippen LogP contribution in [0, 0.1) is 0 Å². The van der Waals surface area contributed by atoms with Gasteiger partial charge in [0, 0.05) is 11.5 Å². The summed E-state index contributed by atoms with van der Waals surface area (Å²) in [7, 11) is 0. The van der Waals surface area contributed by atoms with Crippen LogP contribution in [0.2, 0.25) is 0 Å². The van der Waals surface area contributed by atoms with E-state index < -0.39 is 0 Å². The number of rotatable bonds is 3. The fourth-order valence-corrected chi connectivity index (χ4v) is 1.70. The van der Waals surface area contributed by atoms with Gasteiger partial charge in [0.2, 0.25) is 5.91 Å². The van der Waals surface area contributed by atoms with E-state index in [0.717, 1.165) is 19.3 Å². The van der Waals surface area contributed by atoms with Crippen LogP contribution < -0.4 is 0 Å². The molecule has 0 aromatic rings. The lowest BCUT2D eigenvalue weighted by Gasteiger charge is -2.34. The number of aliphatic hydroxyl groups is 1. The second-order valence-electron chi connectivity index (χ2n) is 3.31. The number of carbonyl (C=O) groups is 1. The third kappa shape index (κ3) is 2.61. The Labute approximate surface area is 82.1 Å². The Hall–Kier alpha value is -1.26. The smallest absolute Gasteiger partial charge is 0.228 e. The highest BCUT2D eigenvalue weighted by molar-refractivity contribution is 5.78. The molecule has 6 nitrogen and oxygen atoms in total. The predicted octanol–water partition coefficient (Wildman–Crippen LogP) is 0.670. The summed E-state index contributed by atoms with van der Waals surface area (Å²) in [5.41, 5.74) is 8.07. The Kier molecular flexibility index (Phi) is 4.22. The fraction of sp³-hybridized carbons (Fsp3) is 0.875. The van der Waals surface area contributed by atoms with Crippen molar-refractivity contribution in [3.8, 4) is 0 Å². The lowest BCUT2D eigenvalue weighted by atomic mass is 10.0. The molecule has 1 rings (SSSR count). The van der Waals surface area contributed by atoms with Crippen LogP contribution in [0.4, 0.5) is 0 Å². The standard InChI is InChI=1S/C8H14N4O2/c9-11-10-5-8(14)12-4-2-1-3-7(12)6-13/h7,13H,1-6H2/t7-/m1/s1. The van der Waals surface area contributed by atoms with Gasteiger partial charge in [0.1, 0.15) is 6.54 Å². The van der Waals surface area contributed by atoms with E-state index in [2.05, 4.69) is 10.0 Å². The van der Waals surface area contributed by atoms with Crippen molar-refractivity contribution in [1.29, 1.82) is 0 Å². The molecule has 0 aromatic carbocycles. The minimum absolute atomic E-state index is 0.0119. The van der Waals surface area contributed by atoms with Gasteiger partial charge in [-0.3, -0.25) is 4.79 Å². The summed E-state index contributed by atoms with van der Waals surface area (Å²) in [4.78, 5) is 15.6. The molecule has 1 aliphatic rings. The second kappa shape index (κ2) is 5.47. The number of aliphatic hydroxyl groups excluding tert-OH is 1. The predicted molar refractivity (Wildman–Crippen MR) is 50.5 cm³/mol. The van der Waals surface area contributed by atoms with Gasteiger partial charge in [0.05, 0.1) is 12.6 Å². The van der Waals surface area contributed by atoms with Gasteiger partial charge in [-0.15, -0.1) is 0 Å². The number of carbonyl (C=O) groups excluding carboxylic acids is 1.